The zero-order valence-electron chi connectivity index (χ0n) is 16.8. The van der Waals surface area contributed by atoms with Crippen LogP contribution in [-0.4, -0.2) is 59.9 Å². The van der Waals surface area contributed by atoms with Gasteiger partial charge in [0.15, 0.2) is 0 Å². The molecular weight excluding hydrogens is 359 g/mol. The summed E-state index contributed by atoms with van der Waals surface area (Å²) in [5, 5.41) is 12.2. The Kier molecular flexibility index (Phi) is 10.2. The molecule has 4 N–H and O–H groups in total. The minimum absolute atomic E-state index is 0.299. The highest BCUT2D eigenvalue weighted by atomic mass is 19.1. The standard InChI is InChI=1S/C21H35FN4O2/c22-12-6-16-26(15-4-2-9-19(23)21(27)28)14-3-1-8-18-11-10-17-7-5-13-24-20(17)25-18/h10-11,19H,1-9,12-16,23H2,(H,24,25)(H,27,28)/t19-/m0/s1. The van der Waals surface area contributed by atoms with Gasteiger partial charge in [0.1, 0.15) is 11.9 Å². The number of unbranched alkanes of at least 4 members (excludes halogenated alkanes) is 2. The number of alkyl halides is 1. The number of pyridine rings is 1. The lowest BCUT2D eigenvalue weighted by molar-refractivity contribution is -0.138. The number of fused-ring (bicyclic) bond motifs is 1. The van der Waals surface area contributed by atoms with Crippen LogP contribution in [0.1, 0.15) is 56.2 Å². The molecule has 1 atom stereocenters. The summed E-state index contributed by atoms with van der Waals surface area (Å²) < 4.78 is 12.6. The van der Waals surface area contributed by atoms with Crippen molar-refractivity contribution in [1.82, 2.24) is 9.88 Å². The molecule has 0 fully saturated rings. The van der Waals surface area contributed by atoms with E-state index in [4.69, 9.17) is 15.8 Å². The van der Waals surface area contributed by atoms with Crippen molar-refractivity contribution < 1.29 is 14.3 Å². The minimum Gasteiger partial charge on any atom is -0.480 e. The molecule has 1 aliphatic heterocycles. The lowest BCUT2D eigenvalue weighted by Gasteiger charge is -2.22. The summed E-state index contributed by atoms with van der Waals surface area (Å²) in [6.45, 7) is 3.26. The molecule has 0 aliphatic carbocycles. The van der Waals surface area contributed by atoms with Crippen LogP contribution >= 0.6 is 0 Å². The van der Waals surface area contributed by atoms with E-state index < -0.39 is 12.0 Å². The first-order chi connectivity index (χ1) is 13.6. The Morgan fingerprint density at radius 2 is 1.96 bits per heavy atom. The quantitative estimate of drug-likeness (QED) is 0.420. The van der Waals surface area contributed by atoms with E-state index in [0.717, 1.165) is 76.2 Å². The zero-order chi connectivity index (χ0) is 20.2. The second-order valence-corrected chi connectivity index (χ2v) is 7.62. The van der Waals surface area contributed by atoms with Gasteiger partial charge in [-0.1, -0.05) is 12.5 Å². The number of nitrogens with zero attached hydrogens (tertiary/aromatic N) is 2. The number of nitrogens with one attached hydrogen (secondary N) is 1. The van der Waals surface area contributed by atoms with E-state index in [1.54, 1.807) is 0 Å². The van der Waals surface area contributed by atoms with Gasteiger partial charge in [-0.05, 0) is 76.1 Å². The third-order valence-electron chi connectivity index (χ3n) is 5.27. The molecule has 2 heterocycles. The van der Waals surface area contributed by atoms with Crippen molar-refractivity contribution in [3.63, 3.8) is 0 Å². The number of aromatic nitrogens is 1. The van der Waals surface area contributed by atoms with Gasteiger partial charge in [-0.15, -0.1) is 0 Å². The van der Waals surface area contributed by atoms with Gasteiger partial charge in [-0.3, -0.25) is 9.18 Å². The molecule has 158 valence electrons. The lowest BCUT2D eigenvalue weighted by Crippen LogP contribution is -2.31. The molecule has 0 spiro atoms. The van der Waals surface area contributed by atoms with Crippen LogP contribution in [-0.2, 0) is 17.6 Å². The maximum Gasteiger partial charge on any atom is 0.320 e. The third-order valence-corrected chi connectivity index (χ3v) is 5.27. The first kappa shape index (κ1) is 22.6. The van der Waals surface area contributed by atoms with Crippen molar-refractivity contribution in [3.8, 4) is 0 Å². The number of carboxylic acids is 1. The summed E-state index contributed by atoms with van der Waals surface area (Å²) in [6, 6.07) is 3.55. The molecule has 6 nitrogen and oxygen atoms in total. The number of aliphatic carboxylic acids is 1. The van der Waals surface area contributed by atoms with Gasteiger partial charge < -0.3 is 21.1 Å². The van der Waals surface area contributed by atoms with Gasteiger partial charge in [0, 0.05) is 18.8 Å². The highest BCUT2D eigenvalue weighted by molar-refractivity contribution is 5.72. The van der Waals surface area contributed by atoms with E-state index in [9.17, 15) is 9.18 Å². The topological polar surface area (TPSA) is 91.5 Å². The third kappa shape index (κ3) is 8.10. The first-order valence-corrected chi connectivity index (χ1v) is 10.6. The average Bonchev–Trinajstić information content (AvgIpc) is 2.71. The molecular formula is C21H35FN4O2. The number of hydrogen-bond acceptors (Lipinski definition) is 5. The van der Waals surface area contributed by atoms with Gasteiger partial charge >= 0.3 is 5.97 Å². The largest absolute Gasteiger partial charge is 0.480 e. The van der Waals surface area contributed by atoms with Crippen LogP contribution in [0.25, 0.3) is 0 Å². The molecule has 0 amide bonds. The van der Waals surface area contributed by atoms with Gasteiger partial charge in [0.05, 0.1) is 6.67 Å². The van der Waals surface area contributed by atoms with Crippen molar-refractivity contribution in [2.24, 2.45) is 5.73 Å². The molecule has 1 aliphatic rings. The Morgan fingerprint density at radius 1 is 1.21 bits per heavy atom. The van der Waals surface area contributed by atoms with E-state index in [-0.39, 0.29) is 6.67 Å². The van der Waals surface area contributed by atoms with Gasteiger partial charge in [-0.2, -0.15) is 0 Å². The molecule has 0 saturated heterocycles. The Morgan fingerprint density at radius 3 is 2.71 bits per heavy atom. The van der Waals surface area contributed by atoms with E-state index in [0.29, 0.717) is 12.8 Å². The maximum absolute atomic E-state index is 12.6. The smallest absolute Gasteiger partial charge is 0.320 e. The second kappa shape index (κ2) is 12.7. The summed E-state index contributed by atoms with van der Waals surface area (Å²) in [6.07, 6.45) is 8.06. The highest BCUT2D eigenvalue weighted by Crippen LogP contribution is 2.20. The van der Waals surface area contributed by atoms with E-state index >= 15 is 0 Å². The van der Waals surface area contributed by atoms with Gasteiger partial charge in [-0.25, -0.2) is 4.98 Å². The number of anilines is 1. The molecule has 1 aromatic heterocycles. The van der Waals surface area contributed by atoms with Crippen molar-refractivity contribution in [3.05, 3.63) is 23.4 Å². The normalized spacial score (nSPS) is 14.5. The van der Waals surface area contributed by atoms with Gasteiger partial charge in [0.25, 0.3) is 0 Å². The number of rotatable bonds is 14. The molecule has 0 aromatic carbocycles. The van der Waals surface area contributed by atoms with Gasteiger partial charge in [0.2, 0.25) is 0 Å². The van der Waals surface area contributed by atoms with Crippen LogP contribution in [0, 0.1) is 0 Å². The minimum atomic E-state index is -0.944. The molecule has 0 unspecified atom stereocenters. The Balaban J connectivity index is 1.67. The predicted octanol–water partition coefficient (Wildman–Crippen LogP) is 3.01. The van der Waals surface area contributed by atoms with Crippen LogP contribution in [0.15, 0.2) is 12.1 Å². The lowest BCUT2D eigenvalue weighted by atomic mass is 10.1. The molecule has 0 saturated carbocycles. The van der Waals surface area contributed by atoms with Crippen LogP contribution in [0.3, 0.4) is 0 Å². The Labute approximate surface area is 167 Å². The van der Waals surface area contributed by atoms with E-state index in [1.807, 2.05) is 0 Å². The van der Waals surface area contributed by atoms with Crippen molar-refractivity contribution >= 4 is 11.8 Å². The average molecular weight is 395 g/mol. The van der Waals surface area contributed by atoms with Crippen LogP contribution < -0.4 is 11.1 Å². The molecule has 7 heteroatoms. The van der Waals surface area contributed by atoms with E-state index in [2.05, 4.69) is 22.3 Å². The number of halogens is 1. The van der Waals surface area contributed by atoms with Crippen LogP contribution in [0.2, 0.25) is 0 Å². The summed E-state index contributed by atoms with van der Waals surface area (Å²) >= 11 is 0. The highest BCUT2D eigenvalue weighted by Gasteiger charge is 2.12. The number of nitrogens with two attached hydrogens (primary N) is 1. The van der Waals surface area contributed by atoms with E-state index in [1.165, 1.54) is 12.0 Å². The van der Waals surface area contributed by atoms with Crippen molar-refractivity contribution in [2.45, 2.75) is 63.8 Å². The summed E-state index contributed by atoms with van der Waals surface area (Å²) in [4.78, 5) is 17.8. The zero-order valence-corrected chi connectivity index (χ0v) is 16.8. The molecule has 1 aromatic rings. The summed E-state index contributed by atoms with van der Waals surface area (Å²) in [7, 11) is 0. The monoisotopic (exact) mass is 394 g/mol. The fourth-order valence-corrected chi connectivity index (χ4v) is 3.59. The van der Waals surface area contributed by atoms with Crippen molar-refractivity contribution in [2.75, 3.05) is 38.2 Å². The molecule has 28 heavy (non-hydrogen) atoms. The maximum atomic E-state index is 12.6. The van der Waals surface area contributed by atoms with Crippen LogP contribution in [0.4, 0.5) is 10.2 Å². The Bertz CT molecular complexity index is 600. The molecule has 2 rings (SSSR count). The number of aryl methyl sites for hydroxylation is 2. The summed E-state index contributed by atoms with van der Waals surface area (Å²) in [5.41, 5.74) is 7.98. The number of hydrogen-bond donors (Lipinski definition) is 3. The fourth-order valence-electron chi connectivity index (χ4n) is 3.59. The molecule has 0 radical (unpaired) electrons. The first-order valence-electron chi connectivity index (χ1n) is 10.6. The predicted molar refractivity (Wildman–Crippen MR) is 110 cm³/mol. The van der Waals surface area contributed by atoms with Crippen molar-refractivity contribution in [1.29, 1.82) is 0 Å². The summed E-state index contributed by atoms with van der Waals surface area (Å²) in [5.74, 6) is 0.105. The number of carboxylic acid groups (broad SMARTS) is 1. The SMILES string of the molecule is N[C@@H](CCCCN(CCCF)CCCCc1ccc2c(n1)NCCC2)C(=O)O. The Hall–Kier alpha value is -1.73. The fraction of sp³-hybridized carbons (Fsp3) is 0.714. The number of carbonyl (C=O) groups is 1. The second-order valence-electron chi connectivity index (χ2n) is 7.62. The van der Waals surface area contributed by atoms with Crippen LogP contribution in [0.5, 0.6) is 0 Å². The molecule has 0 bridgehead atoms.